The Morgan fingerprint density at radius 3 is 2.90 bits per heavy atom. The van der Waals surface area contributed by atoms with Gasteiger partial charge < -0.3 is 15.3 Å². The second-order valence-electron chi connectivity index (χ2n) is 4.71. The number of anilines is 1. The number of nitro benzene ring substituents is 1. The molecule has 20 heavy (non-hydrogen) atoms. The van der Waals surface area contributed by atoms with E-state index >= 15 is 0 Å². The lowest BCUT2D eigenvalue weighted by Crippen LogP contribution is -2.25. The van der Waals surface area contributed by atoms with E-state index in [4.69, 9.17) is 0 Å². The lowest BCUT2D eigenvalue weighted by atomic mass is 10.1. The molecule has 0 saturated carbocycles. The molecule has 1 aromatic rings. The van der Waals surface area contributed by atoms with Gasteiger partial charge in [0.1, 0.15) is 5.69 Å². The van der Waals surface area contributed by atoms with Crippen molar-refractivity contribution in [1.29, 1.82) is 0 Å². The molecule has 1 aromatic carbocycles. The van der Waals surface area contributed by atoms with Crippen LogP contribution in [0.25, 0.3) is 0 Å². The lowest BCUT2D eigenvalue weighted by molar-refractivity contribution is -0.384. The van der Waals surface area contributed by atoms with Crippen LogP contribution in [0.2, 0.25) is 0 Å². The van der Waals surface area contributed by atoms with Gasteiger partial charge in [-0.25, -0.2) is 0 Å². The number of aliphatic hydroxyl groups excluding tert-OH is 1. The minimum atomic E-state index is -0.484. The summed E-state index contributed by atoms with van der Waals surface area (Å²) in [4.78, 5) is 24.2. The molecule has 2 N–H and O–H groups in total. The van der Waals surface area contributed by atoms with Gasteiger partial charge in [-0.15, -0.1) is 0 Å². The molecule has 0 radical (unpaired) electrons. The van der Waals surface area contributed by atoms with Gasteiger partial charge in [0.25, 0.3) is 11.6 Å². The summed E-state index contributed by atoms with van der Waals surface area (Å²) in [5.74, 6) is -0.261. The van der Waals surface area contributed by atoms with Crippen molar-refractivity contribution >= 4 is 17.3 Å². The average Bonchev–Trinajstić information content (AvgIpc) is 2.85. The number of carbonyl (C=O) groups excluding carboxylic acids is 1. The minimum Gasteiger partial charge on any atom is -0.391 e. The monoisotopic (exact) mass is 279 g/mol. The van der Waals surface area contributed by atoms with Crippen molar-refractivity contribution in [1.82, 2.24) is 5.32 Å². The molecular weight excluding hydrogens is 262 g/mol. The Labute approximate surface area is 116 Å². The smallest absolute Gasteiger partial charge is 0.292 e. The molecule has 2 rings (SSSR count). The zero-order chi connectivity index (χ0) is 14.7. The summed E-state index contributed by atoms with van der Waals surface area (Å²) < 4.78 is 0. The van der Waals surface area contributed by atoms with Crippen molar-refractivity contribution in [3.8, 4) is 0 Å². The van der Waals surface area contributed by atoms with E-state index in [1.807, 2.05) is 0 Å². The summed E-state index contributed by atoms with van der Waals surface area (Å²) in [5, 5.41) is 23.3. The normalized spacial score (nSPS) is 18.1. The van der Waals surface area contributed by atoms with Crippen LogP contribution in [0.1, 0.15) is 23.7 Å². The molecule has 1 aliphatic rings. The van der Waals surface area contributed by atoms with E-state index in [0.29, 0.717) is 37.3 Å². The van der Waals surface area contributed by atoms with Gasteiger partial charge >= 0.3 is 0 Å². The molecule has 1 atom stereocenters. The van der Waals surface area contributed by atoms with Gasteiger partial charge in [0.15, 0.2) is 0 Å². The van der Waals surface area contributed by atoms with Crippen LogP contribution in [0.4, 0.5) is 11.4 Å². The Balaban J connectivity index is 2.37. The molecule has 1 unspecified atom stereocenters. The fourth-order valence-electron chi connectivity index (χ4n) is 2.30. The van der Waals surface area contributed by atoms with Crippen LogP contribution in [-0.4, -0.2) is 41.7 Å². The van der Waals surface area contributed by atoms with E-state index in [2.05, 4.69) is 5.32 Å². The van der Waals surface area contributed by atoms with E-state index in [-0.39, 0.29) is 11.6 Å². The number of rotatable bonds is 4. The molecule has 0 aromatic heterocycles. The first-order chi connectivity index (χ1) is 9.52. The lowest BCUT2D eigenvalue weighted by Gasteiger charge is -2.18. The van der Waals surface area contributed by atoms with Crippen molar-refractivity contribution in [2.45, 2.75) is 19.4 Å². The van der Waals surface area contributed by atoms with Crippen LogP contribution >= 0.6 is 0 Å². The van der Waals surface area contributed by atoms with Gasteiger partial charge in [0.05, 0.1) is 11.0 Å². The predicted molar refractivity (Wildman–Crippen MR) is 73.9 cm³/mol. The first-order valence-corrected chi connectivity index (χ1v) is 6.52. The third-order valence-corrected chi connectivity index (χ3v) is 3.28. The van der Waals surface area contributed by atoms with Crippen molar-refractivity contribution in [2.75, 3.05) is 24.5 Å². The van der Waals surface area contributed by atoms with Gasteiger partial charge in [-0.05, 0) is 25.5 Å². The fourth-order valence-corrected chi connectivity index (χ4v) is 2.30. The number of aliphatic hydroxyl groups is 1. The number of β-amino-alcohol motifs (C(OH)–C–C–N with tert-alkyl or cyclic N) is 1. The average molecular weight is 279 g/mol. The van der Waals surface area contributed by atoms with Gasteiger partial charge in [-0.3, -0.25) is 14.9 Å². The molecular formula is C13H17N3O4. The molecule has 1 fully saturated rings. The van der Waals surface area contributed by atoms with Crippen LogP contribution in [0.15, 0.2) is 18.2 Å². The highest BCUT2D eigenvalue weighted by molar-refractivity contribution is 5.96. The number of nitrogens with one attached hydrogen (secondary N) is 1. The largest absolute Gasteiger partial charge is 0.391 e. The number of nitro groups is 1. The minimum absolute atomic E-state index is 0.0489. The van der Waals surface area contributed by atoms with Crippen molar-refractivity contribution < 1.29 is 14.8 Å². The Kier molecular flexibility index (Phi) is 4.19. The van der Waals surface area contributed by atoms with Gasteiger partial charge in [-0.1, -0.05) is 0 Å². The second kappa shape index (κ2) is 5.87. The topological polar surface area (TPSA) is 95.7 Å². The Morgan fingerprint density at radius 1 is 1.60 bits per heavy atom. The number of nitrogens with zero attached hydrogens (tertiary/aromatic N) is 2. The number of benzene rings is 1. The van der Waals surface area contributed by atoms with E-state index in [9.17, 15) is 20.0 Å². The summed E-state index contributed by atoms with van der Waals surface area (Å²) in [6.07, 6.45) is 0.0884. The van der Waals surface area contributed by atoms with Gasteiger partial charge in [0, 0.05) is 31.3 Å². The van der Waals surface area contributed by atoms with E-state index in [0.717, 1.165) is 0 Å². The number of carbonyl (C=O) groups is 1. The standard InChI is InChI=1S/C13H17N3O4/c1-2-14-13(18)9-3-4-11(16(19)20)12(7-9)15-6-5-10(17)8-15/h3-4,7,10,17H,2,5-6,8H2,1H3,(H,14,18). The highest BCUT2D eigenvalue weighted by Gasteiger charge is 2.27. The molecule has 1 saturated heterocycles. The van der Waals surface area contributed by atoms with Gasteiger partial charge in [-0.2, -0.15) is 0 Å². The maximum absolute atomic E-state index is 11.8. The van der Waals surface area contributed by atoms with E-state index in [1.54, 1.807) is 11.8 Å². The maximum Gasteiger partial charge on any atom is 0.292 e. The predicted octanol–water partition coefficient (Wildman–Crippen LogP) is 0.916. The fraction of sp³-hybridized carbons (Fsp3) is 0.462. The van der Waals surface area contributed by atoms with Crippen LogP contribution in [0, 0.1) is 10.1 Å². The Bertz CT molecular complexity index is 532. The van der Waals surface area contributed by atoms with Crippen LogP contribution in [0.5, 0.6) is 0 Å². The zero-order valence-corrected chi connectivity index (χ0v) is 11.2. The SMILES string of the molecule is CCNC(=O)c1ccc([N+](=O)[O-])c(N2CCC(O)C2)c1. The number of amides is 1. The van der Waals surface area contributed by atoms with Crippen molar-refractivity contribution in [3.63, 3.8) is 0 Å². The zero-order valence-electron chi connectivity index (χ0n) is 11.2. The Hall–Kier alpha value is -2.15. The first kappa shape index (κ1) is 14.3. The van der Waals surface area contributed by atoms with Crippen LogP contribution < -0.4 is 10.2 Å². The number of hydrogen-bond acceptors (Lipinski definition) is 5. The third-order valence-electron chi connectivity index (χ3n) is 3.28. The quantitative estimate of drug-likeness (QED) is 0.631. The molecule has 0 bridgehead atoms. The van der Waals surface area contributed by atoms with Crippen molar-refractivity contribution in [2.24, 2.45) is 0 Å². The molecule has 7 nitrogen and oxygen atoms in total. The highest BCUT2D eigenvalue weighted by atomic mass is 16.6. The van der Waals surface area contributed by atoms with Crippen LogP contribution in [0.3, 0.4) is 0 Å². The van der Waals surface area contributed by atoms with E-state index < -0.39 is 11.0 Å². The molecule has 1 heterocycles. The molecule has 0 spiro atoms. The maximum atomic E-state index is 11.8. The third kappa shape index (κ3) is 2.88. The highest BCUT2D eigenvalue weighted by Crippen LogP contribution is 2.31. The first-order valence-electron chi connectivity index (χ1n) is 6.52. The summed E-state index contributed by atoms with van der Waals surface area (Å²) in [5.41, 5.74) is 0.719. The van der Waals surface area contributed by atoms with Gasteiger partial charge in [0.2, 0.25) is 0 Å². The summed E-state index contributed by atoms with van der Waals surface area (Å²) in [7, 11) is 0. The van der Waals surface area contributed by atoms with Crippen molar-refractivity contribution in [3.05, 3.63) is 33.9 Å². The van der Waals surface area contributed by atoms with Crippen LogP contribution in [-0.2, 0) is 0 Å². The molecule has 1 amide bonds. The second-order valence-corrected chi connectivity index (χ2v) is 4.71. The summed E-state index contributed by atoms with van der Waals surface area (Å²) >= 11 is 0. The summed E-state index contributed by atoms with van der Waals surface area (Å²) in [6.45, 7) is 3.19. The molecule has 1 aliphatic heterocycles. The summed E-state index contributed by atoms with van der Waals surface area (Å²) in [6, 6.07) is 4.30. The molecule has 7 heteroatoms. The molecule has 0 aliphatic carbocycles. The Morgan fingerprint density at radius 2 is 2.35 bits per heavy atom. The number of hydrogen-bond donors (Lipinski definition) is 2. The molecule has 108 valence electrons. The van der Waals surface area contributed by atoms with E-state index in [1.165, 1.54) is 18.2 Å².